The number of para-hydroxylation sites is 1. The van der Waals surface area contributed by atoms with Crippen LogP contribution in [0.1, 0.15) is 28.9 Å². The molecular weight excluding hydrogens is 348 g/mol. The minimum absolute atomic E-state index is 0.244. The molecule has 4 rings (SSSR count). The molecule has 2 aromatic carbocycles. The molecule has 0 aliphatic carbocycles. The third-order valence-electron chi connectivity index (χ3n) is 5.22. The molecule has 142 valence electrons. The number of nitrogens with zero attached hydrogens (tertiary/aromatic N) is 3. The summed E-state index contributed by atoms with van der Waals surface area (Å²) in [6.45, 7) is 1.95. The van der Waals surface area contributed by atoms with Crippen molar-refractivity contribution in [2.75, 3.05) is 23.3 Å². The lowest BCUT2D eigenvalue weighted by atomic mass is 9.90. The zero-order valence-electron chi connectivity index (χ0n) is 15.8. The van der Waals surface area contributed by atoms with Crippen molar-refractivity contribution in [2.45, 2.75) is 19.3 Å². The van der Waals surface area contributed by atoms with Crippen LogP contribution in [0.3, 0.4) is 0 Å². The summed E-state index contributed by atoms with van der Waals surface area (Å²) in [6, 6.07) is 23.7. The van der Waals surface area contributed by atoms with Crippen LogP contribution in [0.2, 0.25) is 0 Å². The summed E-state index contributed by atoms with van der Waals surface area (Å²) in [6.07, 6.45) is 3.43. The van der Waals surface area contributed by atoms with E-state index in [0.717, 1.165) is 43.9 Å². The Hall–Kier alpha value is -3.21. The van der Waals surface area contributed by atoms with Crippen LogP contribution in [-0.4, -0.2) is 29.2 Å². The Bertz CT molecular complexity index is 889. The molecule has 1 amide bonds. The number of benzene rings is 2. The van der Waals surface area contributed by atoms with Crippen LogP contribution in [-0.2, 0) is 6.42 Å². The van der Waals surface area contributed by atoms with Gasteiger partial charge < -0.3 is 10.2 Å². The van der Waals surface area contributed by atoms with Gasteiger partial charge in [-0.3, -0.25) is 4.79 Å². The van der Waals surface area contributed by atoms with Crippen LogP contribution in [0, 0.1) is 5.92 Å². The van der Waals surface area contributed by atoms with E-state index in [0.29, 0.717) is 11.6 Å². The van der Waals surface area contributed by atoms with Gasteiger partial charge in [0, 0.05) is 18.8 Å². The monoisotopic (exact) mass is 372 g/mol. The van der Waals surface area contributed by atoms with Gasteiger partial charge in [0.25, 0.3) is 5.91 Å². The Morgan fingerprint density at radius 1 is 0.893 bits per heavy atom. The van der Waals surface area contributed by atoms with E-state index in [-0.39, 0.29) is 5.91 Å². The molecule has 1 N–H and O–H groups in total. The third kappa shape index (κ3) is 4.55. The number of hydrogen-bond acceptors (Lipinski definition) is 4. The van der Waals surface area contributed by atoms with Crippen LogP contribution in [0.25, 0.3) is 0 Å². The van der Waals surface area contributed by atoms with Gasteiger partial charge in [0.1, 0.15) is 0 Å². The predicted molar refractivity (Wildman–Crippen MR) is 112 cm³/mol. The molecule has 1 aromatic heterocycles. The summed E-state index contributed by atoms with van der Waals surface area (Å²) >= 11 is 0. The number of rotatable bonds is 5. The van der Waals surface area contributed by atoms with Crippen LogP contribution in [0.4, 0.5) is 11.5 Å². The SMILES string of the molecule is O=C(Nc1ccccc1)c1ccc(N2CCC(Cc3ccccc3)CC2)nn1. The number of amides is 1. The molecule has 0 radical (unpaired) electrons. The zero-order valence-corrected chi connectivity index (χ0v) is 15.8. The number of carbonyl (C=O) groups is 1. The fourth-order valence-electron chi connectivity index (χ4n) is 3.65. The van der Waals surface area contributed by atoms with Crippen molar-refractivity contribution in [3.05, 3.63) is 84.1 Å². The van der Waals surface area contributed by atoms with Gasteiger partial charge in [-0.05, 0) is 55.0 Å². The summed E-state index contributed by atoms with van der Waals surface area (Å²) in [5.74, 6) is 1.31. The fraction of sp³-hybridized carbons (Fsp3) is 0.261. The van der Waals surface area contributed by atoms with Crippen molar-refractivity contribution in [3.8, 4) is 0 Å². The van der Waals surface area contributed by atoms with Gasteiger partial charge in [-0.15, -0.1) is 10.2 Å². The van der Waals surface area contributed by atoms with Gasteiger partial charge in [0.05, 0.1) is 0 Å². The molecular formula is C23H24N4O. The average molecular weight is 372 g/mol. The highest BCUT2D eigenvalue weighted by Crippen LogP contribution is 2.24. The number of nitrogens with one attached hydrogen (secondary N) is 1. The lowest BCUT2D eigenvalue weighted by molar-refractivity contribution is 0.102. The van der Waals surface area contributed by atoms with Gasteiger partial charge in [0.2, 0.25) is 0 Å². The zero-order chi connectivity index (χ0) is 19.2. The van der Waals surface area contributed by atoms with E-state index in [9.17, 15) is 4.79 Å². The highest BCUT2D eigenvalue weighted by atomic mass is 16.1. The molecule has 5 nitrogen and oxygen atoms in total. The molecule has 0 atom stereocenters. The second kappa shape index (κ2) is 8.65. The van der Waals surface area contributed by atoms with E-state index in [4.69, 9.17) is 0 Å². The summed E-state index contributed by atoms with van der Waals surface area (Å²) in [4.78, 5) is 14.5. The van der Waals surface area contributed by atoms with E-state index < -0.39 is 0 Å². The predicted octanol–water partition coefficient (Wildman–Crippen LogP) is 4.19. The number of piperidine rings is 1. The lowest BCUT2D eigenvalue weighted by Crippen LogP contribution is -2.35. The first-order valence-electron chi connectivity index (χ1n) is 9.77. The Kier molecular flexibility index (Phi) is 5.61. The maximum Gasteiger partial charge on any atom is 0.276 e. The normalized spacial score (nSPS) is 14.6. The van der Waals surface area contributed by atoms with Crippen LogP contribution >= 0.6 is 0 Å². The van der Waals surface area contributed by atoms with Crippen LogP contribution in [0.15, 0.2) is 72.8 Å². The standard InChI is InChI=1S/C23H24N4O/c28-23(24-20-9-5-2-6-10-20)21-11-12-22(26-25-21)27-15-13-19(14-16-27)17-18-7-3-1-4-8-18/h1-12,19H,13-17H2,(H,24,28). The molecule has 0 bridgehead atoms. The summed E-state index contributed by atoms with van der Waals surface area (Å²) in [5, 5.41) is 11.3. The van der Waals surface area contributed by atoms with Gasteiger partial charge >= 0.3 is 0 Å². The van der Waals surface area contributed by atoms with E-state index in [1.165, 1.54) is 5.56 Å². The molecule has 1 fully saturated rings. The topological polar surface area (TPSA) is 58.1 Å². The van der Waals surface area contributed by atoms with Crippen molar-refractivity contribution >= 4 is 17.4 Å². The Morgan fingerprint density at radius 3 is 2.21 bits per heavy atom. The third-order valence-corrected chi connectivity index (χ3v) is 5.22. The molecule has 1 aliphatic heterocycles. The Balaban J connectivity index is 1.31. The van der Waals surface area contributed by atoms with Gasteiger partial charge in [-0.1, -0.05) is 48.5 Å². The first-order chi connectivity index (χ1) is 13.8. The maximum atomic E-state index is 12.3. The number of aromatic nitrogens is 2. The van der Waals surface area contributed by atoms with E-state index in [2.05, 4.69) is 50.7 Å². The highest BCUT2D eigenvalue weighted by molar-refractivity contribution is 6.02. The minimum Gasteiger partial charge on any atom is -0.355 e. The first kappa shape index (κ1) is 18.2. The minimum atomic E-state index is -0.244. The van der Waals surface area contributed by atoms with Crippen molar-refractivity contribution in [2.24, 2.45) is 5.92 Å². The molecule has 2 heterocycles. The van der Waals surface area contributed by atoms with Crippen molar-refractivity contribution in [3.63, 3.8) is 0 Å². The lowest BCUT2D eigenvalue weighted by Gasteiger charge is -2.32. The molecule has 0 unspecified atom stereocenters. The van der Waals surface area contributed by atoms with Gasteiger partial charge in [-0.2, -0.15) is 0 Å². The van der Waals surface area contributed by atoms with Gasteiger partial charge in [0.15, 0.2) is 11.5 Å². The van der Waals surface area contributed by atoms with Gasteiger partial charge in [-0.25, -0.2) is 0 Å². The average Bonchev–Trinajstić information content (AvgIpc) is 2.76. The van der Waals surface area contributed by atoms with E-state index in [1.807, 2.05) is 36.4 Å². The molecule has 0 spiro atoms. The molecule has 3 aromatic rings. The molecule has 1 aliphatic rings. The summed E-state index contributed by atoms with van der Waals surface area (Å²) in [5.41, 5.74) is 2.49. The Morgan fingerprint density at radius 2 is 1.57 bits per heavy atom. The number of anilines is 2. The second-order valence-corrected chi connectivity index (χ2v) is 7.22. The van der Waals surface area contributed by atoms with Crippen molar-refractivity contribution < 1.29 is 4.79 Å². The van der Waals surface area contributed by atoms with Crippen molar-refractivity contribution in [1.29, 1.82) is 0 Å². The Labute approximate surface area is 165 Å². The second-order valence-electron chi connectivity index (χ2n) is 7.22. The maximum absolute atomic E-state index is 12.3. The quantitative estimate of drug-likeness (QED) is 0.730. The molecule has 1 saturated heterocycles. The van der Waals surface area contributed by atoms with E-state index >= 15 is 0 Å². The smallest absolute Gasteiger partial charge is 0.276 e. The van der Waals surface area contributed by atoms with Crippen LogP contribution < -0.4 is 10.2 Å². The summed E-state index contributed by atoms with van der Waals surface area (Å²) < 4.78 is 0. The molecule has 0 saturated carbocycles. The van der Waals surface area contributed by atoms with Crippen molar-refractivity contribution in [1.82, 2.24) is 10.2 Å². The van der Waals surface area contributed by atoms with E-state index in [1.54, 1.807) is 6.07 Å². The highest BCUT2D eigenvalue weighted by Gasteiger charge is 2.21. The summed E-state index contributed by atoms with van der Waals surface area (Å²) in [7, 11) is 0. The number of hydrogen-bond donors (Lipinski definition) is 1. The molecule has 28 heavy (non-hydrogen) atoms. The fourth-order valence-corrected chi connectivity index (χ4v) is 3.65. The largest absolute Gasteiger partial charge is 0.355 e. The first-order valence-corrected chi connectivity index (χ1v) is 9.77. The number of carbonyl (C=O) groups excluding carboxylic acids is 1. The molecule has 5 heteroatoms. The van der Waals surface area contributed by atoms with Crippen LogP contribution in [0.5, 0.6) is 0 Å².